The van der Waals surface area contributed by atoms with Gasteiger partial charge in [0.05, 0.1) is 39.0 Å². The third kappa shape index (κ3) is 4.56. The van der Waals surface area contributed by atoms with Gasteiger partial charge in [-0.05, 0) is 55.6 Å². The van der Waals surface area contributed by atoms with E-state index in [4.69, 9.17) is 22.0 Å². The molecule has 9 heteroatoms. The van der Waals surface area contributed by atoms with E-state index in [-0.39, 0.29) is 0 Å². The van der Waals surface area contributed by atoms with E-state index in [1.807, 2.05) is 37.4 Å². The van der Waals surface area contributed by atoms with Crippen molar-refractivity contribution in [3.8, 4) is 22.5 Å². The highest BCUT2D eigenvalue weighted by molar-refractivity contribution is 6.31. The van der Waals surface area contributed by atoms with Gasteiger partial charge in [-0.15, -0.1) is 0 Å². The number of aromatic nitrogens is 4. The topological polar surface area (TPSA) is 102 Å². The molecule has 0 unspecified atom stereocenters. The Morgan fingerprint density at radius 2 is 2.00 bits per heavy atom. The van der Waals surface area contributed by atoms with Crippen molar-refractivity contribution in [3.63, 3.8) is 0 Å². The number of likely N-dealkylation sites (N-methyl/N-ethyl adjacent to an activating group) is 1. The minimum absolute atomic E-state index is 0.339. The molecule has 4 heterocycles. The molecule has 0 saturated heterocycles. The maximum atomic E-state index is 14.9. The maximum Gasteiger partial charge on any atom is 0.132 e. The number of pyridine rings is 3. The van der Waals surface area contributed by atoms with Crippen molar-refractivity contribution in [3.05, 3.63) is 83.5 Å². The van der Waals surface area contributed by atoms with Crippen molar-refractivity contribution in [1.29, 1.82) is 5.41 Å². The van der Waals surface area contributed by atoms with Gasteiger partial charge >= 0.3 is 0 Å². The summed E-state index contributed by atoms with van der Waals surface area (Å²) in [4.78, 5) is 17.3. The van der Waals surface area contributed by atoms with Gasteiger partial charge in [0.1, 0.15) is 5.82 Å². The highest BCUT2D eigenvalue weighted by Gasteiger charge is 2.20. The lowest BCUT2D eigenvalue weighted by Crippen LogP contribution is -2.21. The lowest BCUT2D eigenvalue weighted by molar-refractivity contribution is 0.631. The summed E-state index contributed by atoms with van der Waals surface area (Å²) >= 11 is 6.20. The molecule has 0 spiro atoms. The Kier molecular flexibility index (Phi) is 6.71. The average Bonchev–Trinajstić information content (AvgIpc) is 3.29. The van der Waals surface area contributed by atoms with Gasteiger partial charge in [-0.3, -0.25) is 9.97 Å². The Morgan fingerprint density at radius 1 is 1.11 bits per heavy atom. The van der Waals surface area contributed by atoms with Crippen molar-refractivity contribution in [2.24, 2.45) is 0 Å². The van der Waals surface area contributed by atoms with Gasteiger partial charge in [-0.2, -0.15) is 0 Å². The Balaban J connectivity index is 1.65. The fraction of sp³-hybridized carbons (Fsp3) is 0.111. The summed E-state index contributed by atoms with van der Waals surface area (Å²) in [6.45, 7) is 1.53. The van der Waals surface area contributed by atoms with Crippen LogP contribution in [0.2, 0.25) is 5.02 Å². The number of benzene rings is 1. The summed E-state index contributed by atoms with van der Waals surface area (Å²) < 4.78 is 14.9. The van der Waals surface area contributed by atoms with Crippen molar-refractivity contribution in [2.75, 3.05) is 20.1 Å². The summed E-state index contributed by atoms with van der Waals surface area (Å²) in [5.41, 5.74) is 6.42. The number of allylic oxidation sites excluding steroid dienone is 1. The molecule has 4 N–H and O–H groups in total. The second kappa shape index (κ2) is 10.2. The molecule has 4 aromatic heterocycles. The number of nitrogens with one attached hydrogen (secondary N) is 4. The van der Waals surface area contributed by atoms with Gasteiger partial charge in [-0.1, -0.05) is 11.6 Å². The second-order valence-electron chi connectivity index (χ2n) is 8.16. The molecular weight excluding hydrogens is 477 g/mol. The maximum absolute atomic E-state index is 14.9. The molecule has 0 bridgehead atoms. The standard InChI is InChI=1S/C27H23ClFN7/c1-31-9-10-32-14-17(13-30)16-11-24-21(34-15-16)6-7-22(35-24)25-26(19-12-18(28)4-5-20(19)29)36-23-3-2-8-33-27(23)25/h2-8,11-15,30-32,36H,9-10H2,1H3/b17-14+,30-13?. The van der Waals surface area contributed by atoms with Crippen LogP contribution in [0.15, 0.2) is 67.1 Å². The van der Waals surface area contributed by atoms with E-state index in [1.54, 1.807) is 24.7 Å². The van der Waals surface area contributed by atoms with Crippen LogP contribution in [0, 0.1) is 11.2 Å². The summed E-state index contributed by atoms with van der Waals surface area (Å²) in [5.74, 6) is -0.400. The molecule has 5 rings (SSSR count). The summed E-state index contributed by atoms with van der Waals surface area (Å²) in [6, 6.07) is 13.8. The molecule has 7 nitrogen and oxygen atoms in total. The molecule has 1 aromatic carbocycles. The molecule has 0 aliphatic rings. The van der Waals surface area contributed by atoms with Crippen LogP contribution in [-0.4, -0.2) is 46.3 Å². The van der Waals surface area contributed by atoms with E-state index in [0.717, 1.165) is 24.2 Å². The molecular formula is C27H23ClFN7. The first-order chi connectivity index (χ1) is 17.6. The van der Waals surface area contributed by atoms with Gasteiger partial charge in [0.25, 0.3) is 0 Å². The number of H-pyrrole nitrogens is 1. The molecule has 0 aliphatic heterocycles. The van der Waals surface area contributed by atoms with Gasteiger partial charge < -0.3 is 21.0 Å². The summed E-state index contributed by atoms with van der Waals surface area (Å²) in [6.07, 6.45) is 6.49. The van der Waals surface area contributed by atoms with E-state index in [1.165, 1.54) is 18.3 Å². The molecule has 0 saturated carbocycles. The zero-order valence-corrected chi connectivity index (χ0v) is 20.2. The van der Waals surface area contributed by atoms with Crippen molar-refractivity contribution >= 4 is 45.5 Å². The molecule has 5 aromatic rings. The molecule has 36 heavy (non-hydrogen) atoms. The predicted molar refractivity (Wildman–Crippen MR) is 144 cm³/mol. The monoisotopic (exact) mass is 499 g/mol. The number of rotatable bonds is 8. The van der Waals surface area contributed by atoms with E-state index in [9.17, 15) is 4.39 Å². The van der Waals surface area contributed by atoms with Crippen molar-refractivity contribution in [1.82, 2.24) is 30.6 Å². The van der Waals surface area contributed by atoms with Crippen LogP contribution in [0.1, 0.15) is 5.56 Å². The van der Waals surface area contributed by atoms with Crippen LogP contribution in [0.5, 0.6) is 0 Å². The first kappa shape index (κ1) is 23.6. The molecule has 0 amide bonds. The van der Waals surface area contributed by atoms with Gasteiger partial charge in [-0.25, -0.2) is 9.37 Å². The van der Waals surface area contributed by atoms with Gasteiger partial charge in [0.15, 0.2) is 0 Å². The zero-order valence-electron chi connectivity index (χ0n) is 19.4. The van der Waals surface area contributed by atoms with E-state index in [0.29, 0.717) is 49.7 Å². The second-order valence-corrected chi connectivity index (χ2v) is 8.60. The van der Waals surface area contributed by atoms with Crippen LogP contribution in [-0.2, 0) is 0 Å². The van der Waals surface area contributed by atoms with Crippen LogP contribution in [0.3, 0.4) is 0 Å². The normalized spacial score (nSPS) is 11.8. The van der Waals surface area contributed by atoms with Gasteiger partial charge in [0.2, 0.25) is 0 Å². The average molecular weight is 500 g/mol. The largest absolute Gasteiger partial charge is 0.389 e. The number of halogens is 2. The molecule has 0 atom stereocenters. The molecule has 180 valence electrons. The number of fused-ring (bicyclic) bond motifs is 2. The third-order valence-electron chi connectivity index (χ3n) is 5.81. The molecule has 0 fully saturated rings. The lowest BCUT2D eigenvalue weighted by Gasteiger charge is -2.09. The summed E-state index contributed by atoms with van der Waals surface area (Å²) in [7, 11) is 1.88. The Morgan fingerprint density at radius 3 is 2.83 bits per heavy atom. The minimum atomic E-state index is -0.400. The van der Waals surface area contributed by atoms with Crippen LogP contribution in [0.25, 0.3) is 50.2 Å². The Labute approximate surface area is 212 Å². The predicted octanol–water partition coefficient (Wildman–Crippen LogP) is 5.43. The number of hydrogen-bond donors (Lipinski definition) is 4. The highest BCUT2D eigenvalue weighted by Crippen LogP contribution is 2.38. The SMILES string of the molecule is CNCCN/C=C(\C=N)c1cnc2ccc(-c3c(-c4cc(Cl)ccc4F)[nH]c4cccnc34)nc2c1. The third-order valence-corrected chi connectivity index (χ3v) is 6.05. The Bertz CT molecular complexity index is 1610. The lowest BCUT2D eigenvalue weighted by atomic mass is 10.0. The number of hydrogen-bond acceptors (Lipinski definition) is 6. The smallest absolute Gasteiger partial charge is 0.132 e. The molecule has 0 aliphatic carbocycles. The minimum Gasteiger partial charge on any atom is -0.389 e. The Hall–Kier alpha value is -4.14. The fourth-order valence-electron chi connectivity index (χ4n) is 4.05. The first-order valence-electron chi connectivity index (χ1n) is 11.4. The van der Waals surface area contributed by atoms with E-state index >= 15 is 0 Å². The van der Waals surface area contributed by atoms with Crippen molar-refractivity contribution in [2.45, 2.75) is 0 Å². The molecule has 0 radical (unpaired) electrons. The fourth-order valence-corrected chi connectivity index (χ4v) is 4.22. The van der Waals surface area contributed by atoms with Crippen LogP contribution >= 0.6 is 11.6 Å². The quantitative estimate of drug-likeness (QED) is 0.168. The van der Waals surface area contributed by atoms with Crippen LogP contribution < -0.4 is 10.6 Å². The highest BCUT2D eigenvalue weighted by atomic mass is 35.5. The van der Waals surface area contributed by atoms with Gasteiger partial charge in [0, 0.05) is 59.6 Å². The number of nitrogens with zero attached hydrogens (tertiary/aromatic N) is 3. The van der Waals surface area contributed by atoms with Crippen molar-refractivity contribution < 1.29 is 4.39 Å². The first-order valence-corrected chi connectivity index (χ1v) is 11.7. The summed E-state index contributed by atoms with van der Waals surface area (Å²) in [5, 5.41) is 14.5. The number of aromatic amines is 1. The van der Waals surface area contributed by atoms with Crippen LogP contribution in [0.4, 0.5) is 4.39 Å². The van der Waals surface area contributed by atoms with E-state index < -0.39 is 5.82 Å². The van der Waals surface area contributed by atoms with E-state index in [2.05, 4.69) is 25.6 Å². The zero-order chi connectivity index (χ0) is 25.1.